The number of aromatic nitrogens is 3. The molecule has 0 aliphatic heterocycles. The standard InChI is InChI=1S/C18H25N5O/c1-14(11-23-13-19-12-20-23)21-18(24)22-17-9-7-16(8-10-17)15-5-3-2-4-6-15/h7-10,12-15H,2-6,11H2,1H3,(H2,21,22,24)/t14-/m0/s1. The molecule has 1 heterocycles. The average molecular weight is 327 g/mol. The third-order valence-electron chi connectivity index (χ3n) is 4.55. The van der Waals surface area contributed by atoms with E-state index in [2.05, 4.69) is 32.8 Å². The van der Waals surface area contributed by atoms with E-state index in [9.17, 15) is 4.79 Å². The zero-order valence-corrected chi connectivity index (χ0v) is 14.1. The lowest BCUT2D eigenvalue weighted by molar-refractivity contribution is 0.247. The highest BCUT2D eigenvalue weighted by atomic mass is 16.2. The average Bonchev–Trinajstić information content (AvgIpc) is 3.09. The van der Waals surface area contributed by atoms with Crippen LogP contribution in [0.25, 0.3) is 0 Å². The van der Waals surface area contributed by atoms with Gasteiger partial charge in [0.1, 0.15) is 12.7 Å². The fraction of sp³-hybridized carbons (Fsp3) is 0.500. The van der Waals surface area contributed by atoms with Crippen molar-refractivity contribution in [3.8, 4) is 0 Å². The predicted octanol–water partition coefficient (Wildman–Crippen LogP) is 3.54. The number of rotatable bonds is 5. The SMILES string of the molecule is C[C@@H](Cn1cncn1)NC(=O)Nc1ccc(C2CCCCC2)cc1. The first-order valence-corrected chi connectivity index (χ1v) is 8.70. The highest BCUT2D eigenvalue weighted by molar-refractivity contribution is 5.89. The van der Waals surface area contributed by atoms with Gasteiger partial charge >= 0.3 is 6.03 Å². The monoisotopic (exact) mass is 327 g/mol. The van der Waals surface area contributed by atoms with Gasteiger partial charge in [-0.25, -0.2) is 9.78 Å². The summed E-state index contributed by atoms with van der Waals surface area (Å²) >= 11 is 0. The number of carbonyl (C=O) groups excluding carboxylic acids is 1. The van der Waals surface area contributed by atoms with Gasteiger partial charge in [-0.1, -0.05) is 31.4 Å². The molecule has 6 heteroatoms. The molecule has 0 saturated heterocycles. The fourth-order valence-corrected chi connectivity index (χ4v) is 3.32. The molecule has 0 radical (unpaired) electrons. The van der Waals surface area contributed by atoms with Gasteiger partial charge in [0.25, 0.3) is 0 Å². The summed E-state index contributed by atoms with van der Waals surface area (Å²) in [6.07, 6.45) is 9.72. The number of nitrogens with zero attached hydrogens (tertiary/aromatic N) is 3. The molecular formula is C18H25N5O. The largest absolute Gasteiger partial charge is 0.334 e. The van der Waals surface area contributed by atoms with E-state index >= 15 is 0 Å². The Morgan fingerprint density at radius 1 is 1.25 bits per heavy atom. The minimum absolute atomic E-state index is 0.0341. The molecule has 3 rings (SSSR count). The van der Waals surface area contributed by atoms with E-state index in [-0.39, 0.29) is 12.1 Å². The topological polar surface area (TPSA) is 71.8 Å². The lowest BCUT2D eigenvalue weighted by Gasteiger charge is -2.22. The maximum Gasteiger partial charge on any atom is 0.319 e. The predicted molar refractivity (Wildman–Crippen MR) is 93.9 cm³/mol. The van der Waals surface area contributed by atoms with E-state index < -0.39 is 0 Å². The Morgan fingerprint density at radius 3 is 2.67 bits per heavy atom. The number of benzene rings is 1. The summed E-state index contributed by atoms with van der Waals surface area (Å²) in [7, 11) is 0. The zero-order valence-electron chi connectivity index (χ0n) is 14.1. The first-order chi connectivity index (χ1) is 11.7. The minimum Gasteiger partial charge on any atom is -0.334 e. The van der Waals surface area contributed by atoms with Crippen LogP contribution in [0.4, 0.5) is 10.5 Å². The second-order valence-electron chi connectivity index (χ2n) is 6.57. The molecule has 1 aromatic carbocycles. The van der Waals surface area contributed by atoms with Crippen LogP contribution in [0, 0.1) is 0 Å². The summed E-state index contributed by atoms with van der Waals surface area (Å²) in [6.45, 7) is 2.53. The first-order valence-electron chi connectivity index (χ1n) is 8.70. The van der Waals surface area contributed by atoms with E-state index in [0.29, 0.717) is 12.5 Å². The Bertz CT molecular complexity index is 632. The number of carbonyl (C=O) groups is 1. The van der Waals surface area contributed by atoms with Crippen LogP contribution in [0.15, 0.2) is 36.9 Å². The summed E-state index contributed by atoms with van der Waals surface area (Å²) in [5.41, 5.74) is 2.21. The van der Waals surface area contributed by atoms with Crippen molar-refractivity contribution in [2.75, 3.05) is 5.32 Å². The van der Waals surface area contributed by atoms with Crippen LogP contribution in [0.1, 0.15) is 50.5 Å². The highest BCUT2D eigenvalue weighted by Crippen LogP contribution is 2.32. The third-order valence-corrected chi connectivity index (χ3v) is 4.55. The van der Waals surface area contributed by atoms with Gasteiger partial charge in [0.05, 0.1) is 6.54 Å². The maximum atomic E-state index is 12.1. The minimum atomic E-state index is -0.201. The molecule has 24 heavy (non-hydrogen) atoms. The van der Waals surface area contributed by atoms with Gasteiger partial charge in [-0.15, -0.1) is 0 Å². The molecular weight excluding hydrogens is 302 g/mol. The van der Waals surface area contributed by atoms with Crippen molar-refractivity contribution < 1.29 is 4.79 Å². The van der Waals surface area contributed by atoms with Crippen molar-refractivity contribution in [3.63, 3.8) is 0 Å². The summed E-state index contributed by atoms with van der Waals surface area (Å²) in [4.78, 5) is 16.0. The molecule has 1 aliphatic rings. The molecule has 2 amide bonds. The molecule has 1 aromatic heterocycles. The van der Waals surface area contributed by atoms with Crippen LogP contribution in [0.3, 0.4) is 0 Å². The van der Waals surface area contributed by atoms with Crippen LogP contribution in [-0.4, -0.2) is 26.8 Å². The van der Waals surface area contributed by atoms with Crippen LogP contribution >= 0.6 is 0 Å². The van der Waals surface area contributed by atoms with Gasteiger partial charge in [0, 0.05) is 11.7 Å². The van der Waals surface area contributed by atoms with Crippen LogP contribution in [0.2, 0.25) is 0 Å². The Kier molecular flexibility index (Phi) is 5.46. The fourth-order valence-electron chi connectivity index (χ4n) is 3.32. The molecule has 128 valence electrons. The molecule has 1 fully saturated rings. The lowest BCUT2D eigenvalue weighted by Crippen LogP contribution is -2.38. The molecule has 2 aromatic rings. The summed E-state index contributed by atoms with van der Waals surface area (Å²) in [5.74, 6) is 0.685. The van der Waals surface area contributed by atoms with Crippen molar-refractivity contribution in [1.29, 1.82) is 0 Å². The van der Waals surface area contributed by atoms with Crippen molar-refractivity contribution in [2.24, 2.45) is 0 Å². The van der Waals surface area contributed by atoms with Gasteiger partial charge in [0.2, 0.25) is 0 Å². The second-order valence-corrected chi connectivity index (χ2v) is 6.57. The molecule has 1 saturated carbocycles. The van der Waals surface area contributed by atoms with E-state index in [1.807, 2.05) is 19.1 Å². The van der Waals surface area contributed by atoms with Crippen LogP contribution in [0.5, 0.6) is 0 Å². The maximum absolute atomic E-state index is 12.1. The Hall–Kier alpha value is -2.37. The number of urea groups is 1. The normalized spacial score (nSPS) is 16.5. The quantitative estimate of drug-likeness (QED) is 0.882. The first kappa shape index (κ1) is 16.5. The molecule has 0 unspecified atom stereocenters. The number of amides is 2. The van der Waals surface area contributed by atoms with Crippen molar-refractivity contribution in [1.82, 2.24) is 20.1 Å². The molecule has 1 aliphatic carbocycles. The number of hydrogen-bond donors (Lipinski definition) is 2. The molecule has 0 spiro atoms. The van der Waals surface area contributed by atoms with Crippen molar-refractivity contribution in [2.45, 2.75) is 57.5 Å². The summed E-state index contributed by atoms with van der Waals surface area (Å²) in [5, 5.41) is 9.83. The van der Waals surface area contributed by atoms with Gasteiger partial charge in [0.15, 0.2) is 0 Å². The van der Waals surface area contributed by atoms with E-state index in [1.165, 1.54) is 44.0 Å². The zero-order chi connectivity index (χ0) is 16.8. The van der Waals surface area contributed by atoms with Gasteiger partial charge in [-0.3, -0.25) is 4.68 Å². The molecule has 6 nitrogen and oxygen atoms in total. The number of anilines is 1. The Labute approximate surface area is 142 Å². The number of nitrogens with one attached hydrogen (secondary N) is 2. The van der Waals surface area contributed by atoms with Crippen LogP contribution < -0.4 is 10.6 Å². The van der Waals surface area contributed by atoms with Crippen LogP contribution in [-0.2, 0) is 6.54 Å². The summed E-state index contributed by atoms with van der Waals surface area (Å²) < 4.78 is 1.70. The van der Waals surface area contributed by atoms with E-state index in [0.717, 1.165) is 5.69 Å². The smallest absolute Gasteiger partial charge is 0.319 e. The molecule has 0 bridgehead atoms. The third kappa shape index (κ3) is 4.57. The van der Waals surface area contributed by atoms with E-state index in [1.54, 1.807) is 11.0 Å². The van der Waals surface area contributed by atoms with Gasteiger partial charge in [-0.2, -0.15) is 5.10 Å². The van der Waals surface area contributed by atoms with Crippen molar-refractivity contribution in [3.05, 3.63) is 42.5 Å². The Morgan fingerprint density at radius 2 is 2.00 bits per heavy atom. The highest BCUT2D eigenvalue weighted by Gasteiger charge is 2.15. The molecule has 2 N–H and O–H groups in total. The van der Waals surface area contributed by atoms with Gasteiger partial charge < -0.3 is 10.6 Å². The van der Waals surface area contributed by atoms with Gasteiger partial charge in [-0.05, 0) is 43.4 Å². The summed E-state index contributed by atoms with van der Waals surface area (Å²) in [6, 6.07) is 8.03. The second kappa shape index (κ2) is 7.95. The number of hydrogen-bond acceptors (Lipinski definition) is 3. The van der Waals surface area contributed by atoms with Crippen molar-refractivity contribution >= 4 is 11.7 Å². The lowest BCUT2D eigenvalue weighted by atomic mass is 9.84. The Balaban J connectivity index is 1.48. The molecule has 1 atom stereocenters. The van der Waals surface area contributed by atoms with E-state index in [4.69, 9.17) is 0 Å².